The molecule has 0 aliphatic heterocycles. The molecule has 0 bridgehead atoms. The van der Waals surface area contributed by atoms with Gasteiger partial charge in [-0.05, 0) is 60.6 Å². The Morgan fingerprint density at radius 3 is 2.03 bits per heavy atom. The van der Waals surface area contributed by atoms with Crippen LogP contribution in [0.5, 0.6) is 5.75 Å². The summed E-state index contributed by atoms with van der Waals surface area (Å²) in [4.78, 5) is 0. The fraction of sp³-hybridized carbons (Fsp3) is 0.812. The monoisotopic (exact) mass is 454 g/mol. The van der Waals surface area contributed by atoms with Gasteiger partial charge in [0.2, 0.25) is 0 Å². The van der Waals surface area contributed by atoms with Crippen LogP contribution in [0, 0.1) is 23.7 Å². The lowest BCUT2D eigenvalue weighted by atomic mass is 9.72. The van der Waals surface area contributed by atoms with Crippen LogP contribution in [0.1, 0.15) is 135 Å². The van der Waals surface area contributed by atoms with Gasteiger partial charge in [-0.1, -0.05) is 129 Å². The van der Waals surface area contributed by atoms with E-state index in [0.29, 0.717) is 0 Å². The molecule has 0 spiro atoms. The van der Waals surface area contributed by atoms with E-state index in [1.807, 2.05) is 0 Å². The van der Waals surface area contributed by atoms with Gasteiger partial charge in [-0.15, -0.1) is 0 Å². The molecule has 1 heteroatoms. The van der Waals surface area contributed by atoms with Crippen molar-refractivity contribution in [3.05, 3.63) is 29.8 Å². The third-order valence-corrected chi connectivity index (χ3v) is 8.88. The lowest BCUT2D eigenvalue weighted by molar-refractivity contribution is 0.196. The van der Waals surface area contributed by atoms with Crippen LogP contribution in [0.2, 0.25) is 0 Å². The Labute approximate surface area is 206 Å². The first-order valence-electron chi connectivity index (χ1n) is 15.0. The van der Waals surface area contributed by atoms with E-state index in [1.54, 1.807) is 0 Å². The predicted octanol–water partition coefficient (Wildman–Crippen LogP) is 10.2. The molecule has 1 atom stereocenters. The Kier molecular flexibility index (Phi) is 12.8. The summed E-state index contributed by atoms with van der Waals surface area (Å²) in [5.74, 6) is 4.97. The maximum Gasteiger partial charge on any atom is 0.119 e. The molecule has 1 nitrogen and oxygen atoms in total. The van der Waals surface area contributed by atoms with Gasteiger partial charge < -0.3 is 4.74 Å². The summed E-state index contributed by atoms with van der Waals surface area (Å²) in [5, 5.41) is 0. The minimum absolute atomic E-state index is 0.860. The van der Waals surface area contributed by atoms with Gasteiger partial charge in [0.25, 0.3) is 0 Å². The van der Waals surface area contributed by atoms with Crippen molar-refractivity contribution >= 4 is 0 Å². The zero-order valence-electron chi connectivity index (χ0n) is 22.2. The first-order chi connectivity index (χ1) is 16.3. The maximum absolute atomic E-state index is 5.95. The Morgan fingerprint density at radius 1 is 0.727 bits per heavy atom. The Bertz CT molecular complexity index is 591. The van der Waals surface area contributed by atoms with E-state index in [2.05, 4.69) is 38.1 Å². The molecule has 2 fully saturated rings. The molecule has 0 amide bonds. The summed E-state index contributed by atoms with van der Waals surface area (Å²) in [6.07, 6.45) is 27.1. The SMILES string of the molecule is CCCCCOc1ccc(CC(CCC2CCC(CCCCC)CC2)C2CCCCC2)cc1. The third kappa shape index (κ3) is 10.0. The Balaban J connectivity index is 1.46. The largest absolute Gasteiger partial charge is 0.494 e. The van der Waals surface area contributed by atoms with Crippen molar-refractivity contribution < 1.29 is 4.74 Å². The highest BCUT2D eigenvalue weighted by Crippen LogP contribution is 2.39. The average molecular weight is 455 g/mol. The molecule has 2 saturated carbocycles. The molecule has 0 radical (unpaired) electrons. The van der Waals surface area contributed by atoms with E-state index in [4.69, 9.17) is 4.74 Å². The summed E-state index contributed by atoms with van der Waals surface area (Å²) in [5.41, 5.74) is 1.53. The molecule has 2 aliphatic rings. The molecule has 188 valence electrons. The number of hydrogen-bond acceptors (Lipinski definition) is 1. The Hall–Kier alpha value is -0.980. The fourth-order valence-corrected chi connectivity index (χ4v) is 6.62. The van der Waals surface area contributed by atoms with Crippen molar-refractivity contribution in [3.8, 4) is 5.75 Å². The molecule has 3 rings (SSSR count). The number of hydrogen-bond donors (Lipinski definition) is 0. The lowest BCUT2D eigenvalue weighted by Crippen LogP contribution is -2.22. The van der Waals surface area contributed by atoms with Gasteiger partial charge in [-0.25, -0.2) is 0 Å². The summed E-state index contributed by atoms with van der Waals surface area (Å²) >= 11 is 0. The summed E-state index contributed by atoms with van der Waals surface area (Å²) < 4.78 is 5.95. The second kappa shape index (κ2) is 15.8. The average Bonchev–Trinajstić information content (AvgIpc) is 2.87. The molecule has 0 aromatic heterocycles. The van der Waals surface area contributed by atoms with Gasteiger partial charge in [0, 0.05) is 0 Å². The van der Waals surface area contributed by atoms with E-state index in [1.165, 1.54) is 128 Å². The highest BCUT2D eigenvalue weighted by Gasteiger charge is 2.26. The van der Waals surface area contributed by atoms with Gasteiger partial charge >= 0.3 is 0 Å². The number of ether oxygens (including phenoxy) is 1. The minimum atomic E-state index is 0.860. The van der Waals surface area contributed by atoms with Crippen molar-refractivity contribution in [1.29, 1.82) is 0 Å². The topological polar surface area (TPSA) is 9.23 Å². The van der Waals surface area contributed by atoms with E-state index in [0.717, 1.165) is 36.0 Å². The first kappa shape index (κ1) is 26.6. The zero-order chi connectivity index (χ0) is 23.1. The molecule has 2 aliphatic carbocycles. The second-order valence-electron chi connectivity index (χ2n) is 11.5. The van der Waals surface area contributed by atoms with Crippen molar-refractivity contribution in [2.45, 2.75) is 136 Å². The number of rotatable bonds is 15. The van der Waals surface area contributed by atoms with Crippen molar-refractivity contribution in [3.63, 3.8) is 0 Å². The molecular formula is C32H54O. The number of benzene rings is 1. The highest BCUT2D eigenvalue weighted by atomic mass is 16.5. The molecule has 1 aromatic rings. The van der Waals surface area contributed by atoms with Gasteiger partial charge in [0.05, 0.1) is 6.61 Å². The van der Waals surface area contributed by atoms with Crippen LogP contribution in [0.3, 0.4) is 0 Å². The molecule has 0 saturated heterocycles. The van der Waals surface area contributed by atoms with Gasteiger partial charge in [-0.3, -0.25) is 0 Å². The van der Waals surface area contributed by atoms with Gasteiger partial charge in [-0.2, -0.15) is 0 Å². The smallest absolute Gasteiger partial charge is 0.119 e. The van der Waals surface area contributed by atoms with E-state index >= 15 is 0 Å². The van der Waals surface area contributed by atoms with Crippen LogP contribution in [0.25, 0.3) is 0 Å². The van der Waals surface area contributed by atoms with E-state index < -0.39 is 0 Å². The maximum atomic E-state index is 5.95. The predicted molar refractivity (Wildman–Crippen MR) is 144 cm³/mol. The van der Waals surface area contributed by atoms with Crippen LogP contribution in [0.4, 0.5) is 0 Å². The van der Waals surface area contributed by atoms with Gasteiger partial charge in [0.1, 0.15) is 5.75 Å². The summed E-state index contributed by atoms with van der Waals surface area (Å²) in [6.45, 7) is 5.44. The molecular weight excluding hydrogens is 400 g/mol. The lowest BCUT2D eigenvalue weighted by Gasteiger charge is -2.33. The molecule has 33 heavy (non-hydrogen) atoms. The highest BCUT2D eigenvalue weighted by molar-refractivity contribution is 5.27. The van der Waals surface area contributed by atoms with E-state index in [-0.39, 0.29) is 0 Å². The van der Waals surface area contributed by atoms with Crippen LogP contribution in [-0.2, 0) is 6.42 Å². The van der Waals surface area contributed by atoms with Crippen molar-refractivity contribution in [2.75, 3.05) is 6.61 Å². The second-order valence-corrected chi connectivity index (χ2v) is 11.5. The molecule has 0 N–H and O–H groups in total. The summed E-state index contributed by atoms with van der Waals surface area (Å²) in [6, 6.07) is 9.15. The molecule has 0 heterocycles. The Morgan fingerprint density at radius 2 is 1.36 bits per heavy atom. The van der Waals surface area contributed by atoms with Gasteiger partial charge in [0.15, 0.2) is 0 Å². The normalized spacial score (nSPS) is 22.8. The standard InChI is InChI=1S/C32H54O/c1-3-5-8-12-27-15-17-28(18-16-27)19-22-31(30-13-9-7-10-14-30)26-29-20-23-32(24-21-29)33-25-11-6-4-2/h20-21,23-24,27-28,30-31H,3-19,22,25-26H2,1-2H3. The third-order valence-electron chi connectivity index (χ3n) is 8.88. The van der Waals surface area contributed by atoms with E-state index in [9.17, 15) is 0 Å². The quantitative estimate of drug-likeness (QED) is 0.239. The van der Waals surface area contributed by atoms with Crippen LogP contribution < -0.4 is 4.74 Å². The first-order valence-corrected chi connectivity index (χ1v) is 15.0. The van der Waals surface area contributed by atoms with Crippen molar-refractivity contribution in [1.82, 2.24) is 0 Å². The summed E-state index contributed by atoms with van der Waals surface area (Å²) in [7, 11) is 0. The van der Waals surface area contributed by atoms with Crippen molar-refractivity contribution in [2.24, 2.45) is 23.7 Å². The molecule has 1 unspecified atom stereocenters. The van der Waals surface area contributed by atoms with Crippen LogP contribution in [0.15, 0.2) is 24.3 Å². The fourth-order valence-electron chi connectivity index (χ4n) is 6.62. The van der Waals surface area contributed by atoms with Crippen LogP contribution >= 0.6 is 0 Å². The molecule has 1 aromatic carbocycles. The number of unbranched alkanes of at least 4 members (excludes halogenated alkanes) is 4. The minimum Gasteiger partial charge on any atom is -0.494 e. The zero-order valence-corrected chi connectivity index (χ0v) is 22.2. The van der Waals surface area contributed by atoms with Crippen LogP contribution in [-0.4, -0.2) is 6.61 Å².